The van der Waals surface area contributed by atoms with Crippen LogP contribution in [0.15, 0.2) is 54.6 Å². The van der Waals surface area contributed by atoms with Gasteiger partial charge in [-0.2, -0.15) is 0 Å². The molecule has 570 valence electrons. The molecular weight excluding hydrogens is 1350 g/mol. The average Bonchev–Trinajstić information content (AvgIpc) is 1.79. The number of ketones is 1. The molecule has 4 unspecified atom stereocenters. The lowest BCUT2D eigenvalue weighted by molar-refractivity contribution is -0.199. The van der Waals surface area contributed by atoms with Gasteiger partial charge in [0.2, 0.25) is 53.2 Å². The Morgan fingerprint density at radius 1 is 0.709 bits per heavy atom. The Hall–Kier alpha value is -8.31. The van der Waals surface area contributed by atoms with Crippen molar-refractivity contribution in [2.75, 3.05) is 72.1 Å². The topological polar surface area (TPSA) is 352 Å². The number of hydrogen-bond acceptors (Lipinski definition) is 19. The lowest BCUT2D eigenvalue weighted by atomic mass is 9.74. The Morgan fingerprint density at radius 2 is 1.35 bits per heavy atom. The fourth-order valence-corrected chi connectivity index (χ4v) is 15.0. The van der Waals surface area contributed by atoms with Gasteiger partial charge in [0.1, 0.15) is 18.7 Å². The van der Waals surface area contributed by atoms with Crippen LogP contribution in [0, 0.1) is 34.5 Å². The fraction of sp³-hybridized carbons (Fsp3) is 0.649. The summed E-state index contributed by atoms with van der Waals surface area (Å²) in [7, 11) is 5.98. The van der Waals surface area contributed by atoms with E-state index in [0.717, 1.165) is 4.90 Å². The molecule has 12 amide bonds. The molecule has 0 saturated carbocycles. The SMILES string of the molecule is CC[C@H](C)C([C@@H](CC(=O)N1CCC[C@H]1[C@H](OC)[C@@H](C)C(=O)NCC(=O)c1ccccc1)OC)N(C)C(=O)CNC(=O)C(C(C)C)N(C)C(=O)OCc1ccc(NC(=O)CNC(=O)C(NC(=O)CCCCCN2C(=O)CC(SCC(C)(C)CC(C)(C)CC(=O)ON3C(=O)CCC3=O)C2=O)C(C)C)cc1. The van der Waals surface area contributed by atoms with Gasteiger partial charge in [0.15, 0.2) is 5.78 Å². The van der Waals surface area contributed by atoms with Crippen molar-refractivity contribution in [3.8, 4) is 0 Å². The van der Waals surface area contributed by atoms with Crippen molar-refractivity contribution >= 4 is 100 Å². The smallest absolute Gasteiger partial charge is 0.410 e. The number of hydroxylamine groups is 2. The van der Waals surface area contributed by atoms with E-state index in [1.807, 2.05) is 41.5 Å². The number of benzene rings is 2. The highest BCUT2D eigenvalue weighted by molar-refractivity contribution is 8.00. The highest BCUT2D eigenvalue weighted by atomic mass is 32.2. The van der Waals surface area contributed by atoms with Crippen LogP contribution < -0.4 is 26.6 Å². The monoisotopic (exact) mass is 1460 g/mol. The quantitative estimate of drug-likeness (QED) is 0.0274. The molecule has 0 aliphatic carbocycles. The molecule has 3 heterocycles. The number of amides is 12. The molecule has 9 atom stereocenters. The summed E-state index contributed by atoms with van der Waals surface area (Å²) in [5.41, 5.74) is 0.476. The third-order valence-electron chi connectivity index (χ3n) is 19.1. The van der Waals surface area contributed by atoms with Crippen molar-refractivity contribution in [3.05, 3.63) is 65.7 Å². The summed E-state index contributed by atoms with van der Waals surface area (Å²) in [5.74, 6) is -6.84. The first-order valence-electron chi connectivity index (χ1n) is 35.7. The second kappa shape index (κ2) is 40.1. The zero-order valence-electron chi connectivity index (χ0n) is 62.7. The van der Waals surface area contributed by atoms with E-state index >= 15 is 0 Å². The molecule has 0 bridgehead atoms. The lowest BCUT2D eigenvalue weighted by Gasteiger charge is -2.39. The number of Topliss-reactive ketones (excluding diaryl/α,β-unsaturated/α-hetero) is 1. The third kappa shape index (κ3) is 25.5. The van der Waals surface area contributed by atoms with E-state index in [0.29, 0.717) is 79.1 Å². The molecule has 28 nitrogen and oxygen atoms in total. The molecule has 5 N–H and O–H groups in total. The van der Waals surface area contributed by atoms with Crippen molar-refractivity contribution in [1.29, 1.82) is 0 Å². The van der Waals surface area contributed by atoms with E-state index in [1.54, 1.807) is 101 Å². The van der Waals surface area contributed by atoms with Crippen molar-refractivity contribution < 1.29 is 86.2 Å². The summed E-state index contributed by atoms with van der Waals surface area (Å²) in [5, 5.41) is 13.4. The molecule has 5 rings (SSSR count). The normalized spacial score (nSPS) is 17.6. The minimum Gasteiger partial charge on any atom is -0.445 e. The number of methoxy groups -OCH3 is 2. The second-order valence-corrected chi connectivity index (χ2v) is 30.6. The summed E-state index contributed by atoms with van der Waals surface area (Å²) in [6.07, 6.45) is 1.63. The number of imide groups is 2. The molecule has 2 aromatic carbocycles. The summed E-state index contributed by atoms with van der Waals surface area (Å²) >= 11 is 1.39. The zero-order chi connectivity index (χ0) is 76.6. The second-order valence-electron chi connectivity index (χ2n) is 29.4. The Morgan fingerprint density at radius 3 is 1.96 bits per heavy atom. The molecule has 103 heavy (non-hydrogen) atoms. The van der Waals surface area contributed by atoms with Crippen LogP contribution in [0.3, 0.4) is 0 Å². The van der Waals surface area contributed by atoms with Gasteiger partial charge in [-0.3, -0.25) is 67.3 Å². The van der Waals surface area contributed by atoms with Crippen LogP contribution in [0.1, 0.15) is 176 Å². The molecule has 0 spiro atoms. The van der Waals surface area contributed by atoms with Crippen molar-refractivity contribution in [3.63, 3.8) is 0 Å². The summed E-state index contributed by atoms with van der Waals surface area (Å²) in [6, 6.07) is 12.0. The zero-order valence-corrected chi connectivity index (χ0v) is 63.5. The number of hydrogen-bond donors (Lipinski definition) is 5. The van der Waals surface area contributed by atoms with Gasteiger partial charge < -0.3 is 55.4 Å². The lowest BCUT2D eigenvalue weighted by Crippen LogP contribution is -2.55. The number of carbonyl (C=O) groups is 14. The van der Waals surface area contributed by atoms with Gasteiger partial charge in [-0.25, -0.2) is 9.59 Å². The van der Waals surface area contributed by atoms with Gasteiger partial charge in [0, 0.05) is 78.3 Å². The first-order valence-corrected chi connectivity index (χ1v) is 36.7. The van der Waals surface area contributed by atoms with Crippen LogP contribution in [-0.4, -0.2) is 216 Å². The van der Waals surface area contributed by atoms with Crippen LogP contribution in [0.4, 0.5) is 10.5 Å². The molecule has 3 saturated heterocycles. The van der Waals surface area contributed by atoms with Gasteiger partial charge in [-0.1, -0.05) is 131 Å². The van der Waals surface area contributed by atoms with E-state index < -0.39 is 119 Å². The minimum absolute atomic E-state index is 0.00224. The third-order valence-corrected chi connectivity index (χ3v) is 20.8. The van der Waals surface area contributed by atoms with E-state index in [4.69, 9.17) is 19.0 Å². The first-order chi connectivity index (χ1) is 48.5. The summed E-state index contributed by atoms with van der Waals surface area (Å²) in [4.78, 5) is 195. The van der Waals surface area contributed by atoms with E-state index in [1.165, 1.54) is 42.8 Å². The maximum atomic E-state index is 14.3. The number of rotatable bonds is 41. The highest BCUT2D eigenvalue weighted by Crippen LogP contribution is 2.41. The fourth-order valence-electron chi connectivity index (χ4n) is 13.7. The predicted molar refractivity (Wildman–Crippen MR) is 384 cm³/mol. The molecule has 0 radical (unpaired) electrons. The maximum absolute atomic E-state index is 14.3. The van der Waals surface area contributed by atoms with E-state index in [2.05, 4.69) is 26.6 Å². The summed E-state index contributed by atoms with van der Waals surface area (Å²) in [6.45, 7) is 19.8. The van der Waals surface area contributed by atoms with E-state index in [-0.39, 0.29) is 111 Å². The van der Waals surface area contributed by atoms with Crippen LogP contribution in [0.5, 0.6) is 0 Å². The number of thioether (sulfide) groups is 1. The van der Waals surface area contributed by atoms with Gasteiger partial charge >= 0.3 is 12.1 Å². The van der Waals surface area contributed by atoms with Crippen LogP contribution in [0.2, 0.25) is 0 Å². The van der Waals surface area contributed by atoms with Gasteiger partial charge in [0.05, 0.1) is 67.9 Å². The molecule has 2 aromatic rings. The van der Waals surface area contributed by atoms with Crippen LogP contribution in [0.25, 0.3) is 0 Å². The van der Waals surface area contributed by atoms with E-state index in [9.17, 15) is 67.1 Å². The predicted octanol–water partition coefficient (Wildman–Crippen LogP) is 6.37. The van der Waals surface area contributed by atoms with Crippen molar-refractivity contribution in [2.24, 2.45) is 34.5 Å². The molecule has 3 fully saturated rings. The Balaban J connectivity index is 1.00. The number of anilines is 1. The molecule has 29 heteroatoms. The first kappa shape index (κ1) is 85.3. The number of likely N-dealkylation sites (N-methyl/N-ethyl adjacent to an activating group) is 2. The number of ether oxygens (including phenoxy) is 3. The number of likely N-dealkylation sites (tertiary alicyclic amines) is 2. The Labute approximate surface area is 609 Å². The molecule has 0 aromatic heterocycles. The van der Waals surface area contributed by atoms with Crippen molar-refractivity contribution in [1.82, 2.24) is 45.9 Å². The van der Waals surface area contributed by atoms with Crippen molar-refractivity contribution in [2.45, 2.75) is 208 Å². The number of nitrogens with one attached hydrogen (secondary N) is 5. The van der Waals surface area contributed by atoms with Gasteiger partial charge in [-0.15, -0.1) is 16.8 Å². The highest BCUT2D eigenvalue weighted by Gasteiger charge is 2.44. The number of carbonyl (C=O) groups excluding carboxylic acids is 14. The van der Waals surface area contributed by atoms with Crippen LogP contribution >= 0.6 is 11.8 Å². The Kier molecular flexibility index (Phi) is 33.2. The number of unbranched alkanes of at least 4 members (excludes halogenated alkanes) is 2. The average molecular weight is 1460 g/mol. The summed E-state index contributed by atoms with van der Waals surface area (Å²) < 4.78 is 17.4. The minimum atomic E-state index is -1.05. The van der Waals surface area contributed by atoms with Gasteiger partial charge in [-0.05, 0) is 84.1 Å². The molecule has 3 aliphatic heterocycles. The van der Waals surface area contributed by atoms with Crippen LogP contribution in [-0.2, 0) is 83.2 Å². The Bertz CT molecular complexity index is 3300. The van der Waals surface area contributed by atoms with Gasteiger partial charge in [0.25, 0.3) is 11.8 Å². The number of nitrogens with zero attached hydrogens (tertiary/aromatic N) is 5. The maximum Gasteiger partial charge on any atom is 0.410 e. The largest absolute Gasteiger partial charge is 0.445 e. The standard InChI is InChI=1S/C74H110N10O18S/c1-16-47(6)66(54(99-14)36-60(90)82-35-23-26-52(82)67(100-15)48(7)68(94)75-39-53(85)50-24-19-17-20-25-50)80(12)62(92)41-77-70(96)65(46(4)5)81(13)72(98)101-42-49-28-30-51(31-29-49)78-57(87)40-76-69(95)64(45(2)3)79-56(86)27-21-18-22-34-83-61(91)37-55(71(83)97)103-44-74(10,11)43-73(8,9)38-63(93)102-84-58(88)32-33-59(84)89/h17,19-20,24-25,28-31,45-48,52,54-55,64-67H,16,18,21-23,26-27,32-44H2,1-15H3,(H,75,94)(H,76,95)(H,77,96)(H,78,87)(H,79,86)/t47-,48+,52-,54+,55?,64?,65?,66?,67+/m0/s1. The molecule has 3 aliphatic rings. The molecular formula is C74H110N10O18S.